The number of hydrogen-bond acceptors (Lipinski definition) is 3. The third kappa shape index (κ3) is 6.27. The fourth-order valence-corrected chi connectivity index (χ4v) is 4.85. The molecule has 2 fully saturated rings. The molecule has 2 aliphatic rings. The van der Waals surface area contributed by atoms with Crippen molar-refractivity contribution < 1.29 is 4.79 Å². The van der Waals surface area contributed by atoms with E-state index in [0.29, 0.717) is 24.3 Å². The Morgan fingerprint density at radius 3 is 2.67 bits per heavy atom. The van der Waals surface area contributed by atoms with Crippen molar-refractivity contribution in [3.05, 3.63) is 35.4 Å². The number of likely N-dealkylation sites (tertiary alicyclic amines) is 1. The van der Waals surface area contributed by atoms with Gasteiger partial charge >= 0.3 is 0 Å². The summed E-state index contributed by atoms with van der Waals surface area (Å²) >= 11 is 2.05. The van der Waals surface area contributed by atoms with Crippen LogP contribution in [0.3, 0.4) is 0 Å². The number of aliphatic imine (C=N–C) groups is 1. The second-order valence-electron chi connectivity index (χ2n) is 7.37. The Hall–Kier alpha value is -0.960. The van der Waals surface area contributed by atoms with Gasteiger partial charge in [0, 0.05) is 44.4 Å². The summed E-state index contributed by atoms with van der Waals surface area (Å²) in [4.78, 5) is 18.2. The molecule has 0 bridgehead atoms. The summed E-state index contributed by atoms with van der Waals surface area (Å²) in [7, 11) is 1.81. The van der Waals surface area contributed by atoms with Gasteiger partial charge in [0.05, 0.1) is 0 Å². The number of halogens is 1. The highest BCUT2D eigenvalue weighted by Crippen LogP contribution is 2.36. The Morgan fingerprint density at radius 1 is 1.26 bits per heavy atom. The van der Waals surface area contributed by atoms with E-state index in [2.05, 4.69) is 40.7 Å². The second kappa shape index (κ2) is 10.5. The molecule has 0 radical (unpaired) electrons. The van der Waals surface area contributed by atoms with Crippen molar-refractivity contribution in [2.45, 2.75) is 50.4 Å². The van der Waals surface area contributed by atoms with Crippen LogP contribution in [0.1, 0.15) is 43.7 Å². The van der Waals surface area contributed by atoms with Crippen LogP contribution >= 0.6 is 35.7 Å². The van der Waals surface area contributed by atoms with Crippen molar-refractivity contribution in [1.29, 1.82) is 0 Å². The number of amides is 1. The molecule has 0 saturated carbocycles. The van der Waals surface area contributed by atoms with Crippen LogP contribution in [0.25, 0.3) is 0 Å². The molecule has 1 atom stereocenters. The molecule has 0 aliphatic carbocycles. The minimum Gasteiger partial charge on any atom is -0.355 e. The van der Waals surface area contributed by atoms with Crippen LogP contribution in [0, 0.1) is 0 Å². The minimum atomic E-state index is 0. The first-order valence-corrected chi connectivity index (χ1v) is 10.5. The van der Waals surface area contributed by atoms with Crippen LogP contribution in [0.4, 0.5) is 0 Å². The van der Waals surface area contributed by atoms with Crippen molar-refractivity contribution in [3.8, 4) is 0 Å². The number of guanidine groups is 1. The molecule has 5 nitrogen and oxygen atoms in total. The molecule has 2 aliphatic heterocycles. The number of rotatable bonds is 6. The van der Waals surface area contributed by atoms with Gasteiger partial charge in [-0.2, -0.15) is 11.8 Å². The van der Waals surface area contributed by atoms with E-state index in [1.54, 1.807) is 0 Å². The largest absolute Gasteiger partial charge is 0.355 e. The first-order valence-electron chi connectivity index (χ1n) is 9.53. The lowest BCUT2D eigenvalue weighted by Gasteiger charge is -2.24. The summed E-state index contributed by atoms with van der Waals surface area (Å²) in [6, 6.07) is 8.35. The molecule has 150 valence electrons. The summed E-state index contributed by atoms with van der Waals surface area (Å²) in [5, 5.41) is 6.90. The maximum Gasteiger partial charge on any atom is 0.222 e. The van der Waals surface area contributed by atoms with Gasteiger partial charge in [-0.15, -0.1) is 24.0 Å². The number of hydrogen-bond donors (Lipinski definition) is 2. The van der Waals surface area contributed by atoms with Crippen LogP contribution in [0.5, 0.6) is 0 Å². The van der Waals surface area contributed by atoms with Gasteiger partial charge < -0.3 is 15.5 Å². The molecule has 27 heavy (non-hydrogen) atoms. The molecule has 1 amide bonds. The van der Waals surface area contributed by atoms with Gasteiger partial charge in [-0.1, -0.05) is 24.3 Å². The standard InChI is InChI=1S/C20H30N4OS.HI/c1-20(10-6-12-26-20)15-23-19(21-2)22-13-16-7-3-4-8-17(16)14-24-11-5-9-18(24)25;/h3-4,7-8H,5-6,9-15H2,1-2H3,(H2,21,22,23);1H. The van der Waals surface area contributed by atoms with Gasteiger partial charge in [0.15, 0.2) is 5.96 Å². The van der Waals surface area contributed by atoms with E-state index in [1.807, 2.05) is 29.8 Å². The molecule has 2 saturated heterocycles. The SMILES string of the molecule is CN=C(NCc1ccccc1CN1CCCC1=O)NCC1(C)CCCS1.I. The summed E-state index contributed by atoms with van der Waals surface area (Å²) in [6.07, 6.45) is 4.23. The minimum absolute atomic E-state index is 0. The number of carbonyl (C=O) groups is 1. The van der Waals surface area contributed by atoms with E-state index in [-0.39, 0.29) is 29.9 Å². The highest BCUT2D eigenvalue weighted by molar-refractivity contribution is 14.0. The lowest BCUT2D eigenvalue weighted by Crippen LogP contribution is -2.43. The summed E-state index contributed by atoms with van der Waals surface area (Å²) in [6.45, 7) is 5.55. The van der Waals surface area contributed by atoms with Gasteiger partial charge in [0.2, 0.25) is 5.91 Å². The zero-order valence-electron chi connectivity index (χ0n) is 16.3. The first kappa shape index (κ1) is 22.3. The Labute approximate surface area is 184 Å². The molecule has 2 N–H and O–H groups in total. The zero-order valence-corrected chi connectivity index (χ0v) is 19.4. The van der Waals surface area contributed by atoms with E-state index in [9.17, 15) is 4.79 Å². The molecule has 1 aromatic rings. The summed E-state index contributed by atoms with van der Waals surface area (Å²) < 4.78 is 0.311. The summed E-state index contributed by atoms with van der Waals surface area (Å²) in [5.41, 5.74) is 2.43. The number of carbonyl (C=O) groups excluding carboxylic acids is 1. The van der Waals surface area contributed by atoms with E-state index in [0.717, 1.165) is 25.5 Å². The molecule has 0 spiro atoms. The van der Waals surface area contributed by atoms with Crippen LogP contribution in [0.15, 0.2) is 29.3 Å². The summed E-state index contributed by atoms with van der Waals surface area (Å²) in [5.74, 6) is 2.37. The van der Waals surface area contributed by atoms with E-state index < -0.39 is 0 Å². The predicted molar refractivity (Wildman–Crippen MR) is 125 cm³/mol. The lowest BCUT2D eigenvalue weighted by molar-refractivity contribution is -0.128. The fraction of sp³-hybridized carbons (Fsp3) is 0.600. The van der Waals surface area contributed by atoms with Gasteiger partial charge in [-0.05, 0) is 43.1 Å². The zero-order chi connectivity index (χ0) is 18.4. The smallest absolute Gasteiger partial charge is 0.222 e. The lowest BCUT2D eigenvalue weighted by atomic mass is 10.1. The Balaban J connectivity index is 0.00000261. The van der Waals surface area contributed by atoms with E-state index in [4.69, 9.17) is 0 Å². The topological polar surface area (TPSA) is 56.7 Å². The van der Waals surface area contributed by atoms with Crippen LogP contribution < -0.4 is 10.6 Å². The van der Waals surface area contributed by atoms with Gasteiger partial charge in [-0.25, -0.2) is 0 Å². The average molecular weight is 502 g/mol. The first-order chi connectivity index (χ1) is 12.6. The third-order valence-corrected chi connectivity index (χ3v) is 6.79. The molecular formula is C20H31IN4OS. The van der Waals surface area contributed by atoms with E-state index in [1.165, 1.54) is 29.7 Å². The van der Waals surface area contributed by atoms with Crippen LogP contribution in [-0.4, -0.2) is 47.4 Å². The molecule has 2 heterocycles. The molecule has 3 rings (SSSR count). The van der Waals surface area contributed by atoms with Crippen LogP contribution in [-0.2, 0) is 17.9 Å². The second-order valence-corrected chi connectivity index (χ2v) is 9.05. The fourth-order valence-electron chi connectivity index (χ4n) is 3.61. The Morgan fingerprint density at radius 2 is 2.04 bits per heavy atom. The average Bonchev–Trinajstić information content (AvgIpc) is 3.25. The van der Waals surface area contributed by atoms with Crippen molar-refractivity contribution in [1.82, 2.24) is 15.5 Å². The maximum absolute atomic E-state index is 11.9. The Kier molecular flexibility index (Phi) is 8.72. The van der Waals surface area contributed by atoms with Crippen molar-refractivity contribution >= 4 is 47.6 Å². The predicted octanol–water partition coefficient (Wildman–Crippen LogP) is 3.38. The normalized spacial score (nSPS) is 22.7. The molecule has 1 unspecified atom stereocenters. The van der Waals surface area contributed by atoms with Gasteiger partial charge in [0.1, 0.15) is 0 Å². The number of thioether (sulfide) groups is 1. The third-order valence-electron chi connectivity index (χ3n) is 5.25. The van der Waals surface area contributed by atoms with Crippen LogP contribution in [0.2, 0.25) is 0 Å². The monoisotopic (exact) mass is 502 g/mol. The molecule has 1 aromatic carbocycles. The Bertz CT molecular complexity index is 661. The van der Waals surface area contributed by atoms with Crippen molar-refractivity contribution in [3.63, 3.8) is 0 Å². The van der Waals surface area contributed by atoms with Gasteiger partial charge in [0.25, 0.3) is 0 Å². The van der Waals surface area contributed by atoms with Gasteiger partial charge in [-0.3, -0.25) is 9.79 Å². The molecule has 0 aromatic heterocycles. The number of benzene rings is 1. The maximum atomic E-state index is 11.9. The van der Waals surface area contributed by atoms with Crippen molar-refractivity contribution in [2.24, 2.45) is 4.99 Å². The molecule has 7 heteroatoms. The molecular weight excluding hydrogens is 471 g/mol. The number of nitrogens with zero attached hydrogens (tertiary/aromatic N) is 2. The number of nitrogens with one attached hydrogen (secondary N) is 2. The highest BCUT2D eigenvalue weighted by atomic mass is 127. The highest BCUT2D eigenvalue weighted by Gasteiger charge is 2.29. The quantitative estimate of drug-likeness (QED) is 0.356. The van der Waals surface area contributed by atoms with Crippen molar-refractivity contribution in [2.75, 3.05) is 25.9 Å². The van der Waals surface area contributed by atoms with E-state index >= 15 is 0 Å².